The zero-order valence-electron chi connectivity index (χ0n) is 14.0. The second kappa shape index (κ2) is 6.43. The maximum absolute atomic E-state index is 13.0. The number of H-pyrrole nitrogens is 1. The molecule has 1 saturated carbocycles. The fourth-order valence-corrected chi connectivity index (χ4v) is 4.32. The minimum absolute atomic E-state index is 0.130. The molecule has 122 valence electrons. The summed E-state index contributed by atoms with van der Waals surface area (Å²) in [6.07, 6.45) is 10.8. The van der Waals surface area contributed by atoms with Gasteiger partial charge in [0.15, 0.2) is 0 Å². The molecule has 1 aromatic rings. The molecule has 0 unspecified atom stereocenters. The lowest BCUT2D eigenvalue weighted by Gasteiger charge is -2.37. The van der Waals surface area contributed by atoms with Gasteiger partial charge in [0.2, 0.25) is 0 Å². The lowest BCUT2D eigenvalue weighted by molar-refractivity contribution is 0.0552. The lowest BCUT2D eigenvalue weighted by Crippen LogP contribution is -2.47. The van der Waals surface area contributed by atoms with Crippen LogP contribution in [0.15, 0.2) is 6.07 Å². The number of nitrogens with one attached hydrogen (secondary N) is 1. The number of nitrogens with zero attached hydrogens (tertiary/aromatic N) is 2. The highest BCUT2D eigenvalue weighted by Crippen LogP contribution is 2.41. The molecule has 2 aliphatic rings. The molecule has 3 rings (SSSR count). The van der Waals surface area contributed by atoms with Crippen molar-refractivity contribution >= 4 is 5.91 Å². The van der Waals surface area contributed by atoms with Crippen molar-refractivity contribution in [2.75, 3.05) is 6.54 Å². The van der Waals surface area contributed by atoms with E-state index in [0.29, 0.717) is 11.6 Å². The number of hydrogen-bond donors (Lipinski definition) is 1. The largest absolute Gasteiger partial charge is 0.332 e. The van der Waals surface area contributed by atoms with E-state index in [4.69, 9.17) is 0 Å². The molecule has 2 fully saturated rings. The fraction of sp³-hybridized carbons (Fsp3) is 0.778. The molecule has 0 aromatic carbocycles. The first-order valence-electron chi connectivity index (χ1n) is 8.97. The van der Waals surface area contributed by atoms with Gasteiger partial charge in [-0.1, -0.05) is 39.5 Å². The summed E-state index contributed by atoms with van der Waals surface area (Å²) in [6, 6.07) is 1.96. The van der Waals surface area contributed by atoms with Crippen LogP contribution in [0.2, 0.25) is 0 Å². The summed E-state index contributed by atoms with van der Waals surface area (Å²) in [7, 11) is 0. The van der Waals surface area contributed by atoms with Crippen LogP contribution in [0.25, 0.3) is 0 Å². The first-order chi connectivity index (χ1) is 10.6. The van der Waals surface area contributed by atoms with E-state index in [1.54, 1.807) is 0 Å². The van der Waals surface area contributed by atoms with Crippen molar-refractivity contribution in [2.24, 2.45) is 5.92 Å². The molecule has 1 aliphatic heterocycles. The molecule has 1 aromatic heterocycles. The molecule has 0 radical (unpaired) electrons. The Kier molecular flexibility index (Phi) is 4.55. The van der Waals surface area contributed by atoms with Gasteiger partial charge < -0.3 is 4.90 Å². The Morgan fingerprint density at radius 1 is 1.23 bits per heavy atom. The smallest absolute Gasteiger partial charge is 0.274 e. The Labute approximate surface area is 133 Å². The number of likely N-dealkylation sites (tertiary alicyclic amines) is 1. The van der Waals surface area contributed by atoms with Crippen LogP contribution in [-0.2, 0) is 6.42 Å². The quantitative estimate of drug-likeness (QED) is 0.919. The monoisotopic (exact) mass is 303 g/mol. The van der Waals surface area contributed by atoms with Gasteiger partial charge in [0.05, 0.1) is 0 Å². The van der Waals surface area contributed by atoms with Gasteiger partial charge >= 0.3 is 0 Å². The molecule has 1 saturated heterocycles. The second-order valence-electron chi connectivity index (χ2n) is 7.58. The second-order valence-corrected chi connectivity index (χ2v) is 7.58. The Morgan fingerprint density at radius 3 is 2.59 bits per heavy atom. The van der Waals surface area contributed by atoms with Crippen LogP contribution < -0.4 is 0 Å². The van der Waals surface area contributed by atoms with Crippen LogP contribution in [0.3, 0.4) is 0 Å². The Balaban J connectivity index is 1.76. The highest BCUT2D eigenvalue weighted by atomic mass is 16.2. The van der Waals surface area contributed by atoms with Crippen LogP contribution in [0.1, 0.15) is 81.4 Å². The van der Waals surface area contributed by atoms with Gasteiger partial charge in [0.25, 0.3) is 5.91 Å². The van der Waals surface area contributed by atoms with Crippen molar-refractivity contribution in [3.63, 3.8) is 0 Å². The van der Waals surface area contributed by atoms with E-state index in [2.05, 4.69) is 28.9 Å². The van der Waals surface area contributed by atoms with E-state index in [0.717, 1.165) is 25.1 Å². The molecular formula is C18H29N3O. The standard InChI is InChI=1S/C18H29N3O/c1-14(2)12-15-13-16(20-19-15)17(22)21-11-7-10-18(21)8-5-3-4-6-9-18/h13-14H,3-12H2,1-2H3,(H,19,20). The van der Waals surface area contributed by atoms with Gasteiger partial charge in [-0.05, 0) is 44.1 Å². The van der Waals surface area contributed by atoms with Crippen LogP contribution in [0.5, 0.6) is 0 Å². The van der Waals surface area contributed by atoms with Crippen molar-refractivity contribution in [3.8, 4) is 0 Å². The van der Waals surface area contributed by atoms with Crippen LogP contribution in [0, 0.1) is 5.92 Å². The fourth-order valence-electron chi connectivity index (χ4n) is 4.32. The molecule has 0 atom stereocenters. The van der Waals surface area contributed by atoms with Crippen LogP contribution >= 0.6 is 0 Å². The maximum atomic E-state index is 13.0. The maximum Gasteiger partial charge on any atom is 0.274 e. The van der Waals surface area contributed by atoms with Crippen molar-refractivity contribution in [1.29, 1.82) is 0 Å². The number of carbonyl (C=O) groups excluding carboxylic acids is 1. The summed E-state index contributed by atoms with van der Waals surface area (Å²) in [6.45, 7) is 5.28. The predicted octanol–water partition coefficient (Wildman–Crippen LogP) is 3.94. The highest BCUT2D eigenvalue weighted by Gasteiger charge is 2.43. The summed E-state index contributed by atoms with van der Waals surface area (Å²) >= 11 is 0. The number of aromatic nitrogens is 2. The number of rotatable bonds is 3. The van der Waals surface area contributed by atoms with Gasteiger partial charge in [-0.2, -0.15) is 5.10 Å². The Morgan fingerprint density at radius 2 is 1.91 bits per heavy atom. The first kappa shape index (κ1) is 15.6. The van der Waals surface area contributed by atoms with Crippen molar-refractivity contribution < 1.29 is 4.79 Å². The SMILES string of the molecule is CC(C)Cc1cc(C(=O)N2CCCC23CCCCCC3)n[nH]1. The third-order valence-electron chi connectivity index (χ3n) is 5.35. The minimum atomic E-state index is 0.130. The van der Waals surface area contributed by atoms with Gasteiger partial charge in [-0.15, -0.1) is 0 Å². The molecule has 1 spiro atoms. The summed E-state index contributed by atoms with van der Waals surface area (Å²) in [5.74, 6) is 0.717. The topological polar surface area (TPSA) is 49.0 Å². The summed E-state index contributed by atoms with van der Waals surface area (Å²) in [5.41, 5.74) is 1.82. The normalized spacial score (nSPS) is 21.5. The summed E-state index contributed by atoms with van der Waals surface area (Å²) in [5, 5.41) is 7.35. The molecule has 2 heterocycles. The Bertz CT molecular complexity index is 512. The molecule has 1 N–H and O–H groups in total. The average Bonchev–Trinajstić information content (AvgIpc) is 3.01. The summed E-state index contributed by atoms with van der Waals surface area (Å²) in [4.78, 5) is 15.1. The lowest BCUT2D eigenvalue weighted by atomic mass is 9.87. The predicted molar refractivity (Wildman–Crippen MR) is 87.8 cm³/mol. The number of amides is 1. The van der Waals surface area contributed by atoms with Gasteiger partial charge in [0, 0.05) is 17.8 Å². The first-order valence-corrected chi connectivity index (χ1v) is 8.97. The van der Waals surface area contributed by atoms with E-state index >= 15 is 0 Å². The van der Waals surface area contributed by atoms with E-state index in [-0.39, 0.29) is 11.4 Å². The summed E-state index contributed by atoms with van der Waals surface area (Å²) < 4.78 is 0. The number of carbonyl (C=O) groups is 1. The minimum Gasteiger partial charge on any atom is -0.332 e. The Hall–Kier alpha value is -1.32. The van der Waals surface area contributed by atoms with Crippen LogP contribution in [0.4, 0.5) is 0 Å². The molecular weight excluding hydrogens is 274 g/mol. The zero-order chi connectivity index (χ0) is 15.6. The number of aromatic amines is 1. The molecule has 0 bridgehead atoms. The van der Waals surface area contributed by atoms with Gasteiger partial charge in [-0.3, -0.25) is 9.89 Å². The van der Waals surface area contributed by atoms with Crippen molar-refractivity contribution in [2.45, 2.75) is 77.2 Å². The zero-order valence-corrected chi connectivity index (χ0v) is 14.0. The highest BCUT2D eigenvalue weighted by molar-refractivity contribution is 5.93. The van der Waals surface area contributed by atoms with Crippen molar-refractivity contribution in [1.82, 2.24) is 15.1 Å². The molecule has 4 nitrogen and oxygen atoms in total. The van der Waals surface area contributed by atoms with Gasteiger partial charge in [0.1, 0.15) is 5.69 Å². The average molecular weight is 303 g/mol. The molecule has 1 aliphatic carbocycles. The third-order valence-corrected chi connectivity index (χ3v) is 5.35. The van der Waals surface area contributed by atoms with E-state index in [1.807, 2.05) is 6.07 Å². The number of hydrogen-bond acceptors (Lipinski definition) is 2. The molecule has 1 amide bonds. The van der Waals surface area contributed by atoms with Crippen LogP contribution in [-0.4, -0.2) is 33.1 Å². The molecule has 4 heteroatoms. The third kappa shape index (κ3) is 3.06. The van der Waals surface area contributed by atoms with Gasteiger partial charge in [-0.25, -0.2) is 0 Å². The molecule has 22 heavy (non-hydrogen) atoms. The van der Waals surface area contributed by atoms with E-state index in [1.165, 1.54) is 44.9 Å². The van der Waals surface area contributed by atoms with E-state index < -0.39 is 0 Å². The van der Waals surface area contributed by atoms with Crippen molar-refractivity contribution in [3.05, 3.63) is 17.5 Å². The van der Waals surface area contributed by atoms with E-state index in [9.17, 15) is 4.79 Å².